The van der Waals surface area contributed by atoms with E-state index in [1.807, 2.05) is 6.20 Å². The summed E-state index contributed by atoms with van der Waals surface area (Å²) >= 11 is 5.67. The summed E-state index contributed by atoms with van der Waals surface area (Å²) < 4.78 is 0. The van der Waals surface area contributed by atoms with Gasteiger partial charge in [-0.25, -0.2) is 0 Å². The predicted molar refractivity (Wildman–Crippen MR) is 49.0 cm³/mol. The Labute approximate surface area is 72.8 Å². The molecular formula is C9H14ClN. The average molecular weight is 172 g/mol. The average Bonchev–Trinajstić information content (AvgIpc) is 2.32. The molecule has 0 aliphatic heterocycles. The van der Waals surface area contributed by atoms with Crippen molar-refractivity contribution in [2.24, 2.45) is 0 Å². The van der Waals surface area contributed by atoms with Gasteiger partial charge in [0.1, 0.15) is 0 Å². The summed E-state index contributed by atoms with van der Waals surface area (Å²) in [4.78, 5) is 3.21. The second-order valence-electron chi connectivity index (χ2n) is 3.81. The molecule has 1 aromatic heterocycles. The van der Waals surface area contributed by atoms with Crippen LogP contribution < -0.4 is 0 Å². The van der Waals surface area contributed by atoms with Crippen LogP contribution in [0, 0.1) is 0 Å². The van der Waals surface area contributed by atoms with E-state index in [9.17, 15) is 0 Å². The molecule has 1 N–H and O–H groups in total. The molecule has 0 radical (unpaired) electrons. The normalized spacial score (nSPS) is 12.0. The van der Waals surface area contributed by atoms with Gasteiger partial charge < -0.3 is 4.98 Å². The fourth-order valence-electron chi connectivity index (χ4n) is 0.949. The minimum atomic E-state index is 0.199. The number of alkyl halides is 1. The Kier molecular flexibility index (Phi) is 2.28. The van der Waals surface area contributed by atoms with Crippen molar-refractivity contribution in [3.05, 3.63) is 23.5 Å². The van der Waals surface area contributed by atoms with Crippen molar-refractivity contribution in [1.29, 1.82) is 0 Å². The van der Waals surface area contributed by atoms with Crippen LogP contribution in [0.3, 0.4) is 0 Å². The molecule has 1 heterocycles. The van der Waals surface area contributed by atoms with Gasteiger partial charge in [-0.05, 0) is 11.6 Å². The number of aromatic amines is 1. The highest BCUT2D eigenvalue weighted by Crippen LogP contribution is 2.21. The molecule has 0 unspecified atom stereocenters. The molecule has 0 amide bonds. The first-order valence-corrected chi connectivity index (χ1v) is 4.31. The zero-order valence-corrected chi connectivity index (χ0v) is 8.00. The highest BCUT2D eigenvalue weighted by Gasteiger charge is 2.14. The molecular weight excluding hydrogens is 158 g/mol. The zero-order valence-electron chi connectivity index (χ0n) is 7.24. The van der Waals surface area contributed by atoms with Crippen LogP contribution in [0.15, 0.2) is 12.3 Å². The van der Waals surface area contributed by atoms with Crippen LogP contribution in [-0.2, 0) is 11.3 Å². The largest absolute Gasteiger partial charge is 0.364 e. The van der Waals surface area contributed by atoms with Gasteiger partial charge in [0.05, 0.1) is 0 Å². The zero-order chi connectivity index (χ0) is 8.48. The number of aromatic nitrogens is 1. The lowest BCUT2D eigenvalue weighted by Gasteiger charge is -2.15. The monoisotopic (exact) mass is 171 g/mol. The van der Waals surface area contributed by atoms with E-state index in [0.717, 1.165) is 5.56 Å². The molecule has 0 spiro atoms. The maximum atomic E-state index is 5.67. The van der Waals surface area contributed by atoms with Crippen LogP contribution in [-0.4, -0.2) is 4.98 Å². The van der Waals surface area contributed by atoms with Crippen molar-refractivity contribution >= 4 is 11.6 Å². The van der Waals surface area contributed by atoms with Gasteiger partial charge in [-0.1, -0.05) is 20.8 Å². The first-order valence-electron chi connectivity index (χ1n) is 3.78. The summed E-state index contributed by atoms with van der Waals surface area (Å²) in [5, 5.41) is 0. The molecule has 0 aliphatic carbocycles. The Hall–Kier alpha value is -0.430. The van der Waals surface area contributed by atoms with E-state index in [1.165, 1.54) is 5.69 Å². The van der Waals surface area contributed by atoms with Crippen molar-refractivity contribution in [3.8, 4) is 0 Å². The summed E-state index contributed by atoms with van der Waals surface area (Å²) in [5.74, 6) is 0.590. The van der Waals surface area contributed by atoms with Crippen LogP contribution in [0.2, 0.25) is 0 Å². The third-order valence-electron chi connectivity index (χ3n) is 1.71. The molecule has 62 valence electrons. The Morgan fingerprint density at radius 2 is 2.09 bits per heavy atom. The van der Waals surface area contributed by atoms with E-state index in [4.69, 9.17) is 11.6 Å². The van der Waals surface area contributed by atoms with Gasteiger partial charge in [-0.3, -0.25) is 0 Å². The van der Waals surface area contributed by atoms with Crippen LogP contribution in [0.4, 0.5) is 0 Å². The lowest BCUT2D eigenvalue weighted by Crippen LogP contribution is -2.10. The van der Waals surface area contributed by atoms with Gasteiger partial charge in [0.2, 0.25) is 0 Å². The Bertz CT molecular complexity index is 232. The molecule has 2 heteroatoms. The minimum Gasteiger partial charge on any atom is -0.364 e. The summed E-state index contributed by atoms with van der Waals surface area (Å²) in [6.07, 6.45) is 1.97. The number of nitrogens with one attached hydrogen (secondary N) is 1. The van der Waals surface area contributed by atoms with Crippen molar-refractivity contribution in [1.82, 2.24) is 4.98 Å². The van der Waals surface area contributed by atoms with Crippen molar-refractivity contribution < 1.29 is 0 Å². The SMILES string of the molecule is CC(C)(C)c1cc(CCl)c[nH]1. The fourth-order valence-corrected chi connectivity index (χ4v) is 1.10. The highest BCUT2D eigenvalue weighted by atomic mass is 35.5. The Morgan fingerprint density at radius 3 is 2.36 bits per heavy atom. The number of rotatable bonds is 1. The number of H-pyrrole nitrogens is 1. The minimum absolute atomic E-state index is 0.199. The second kappa shape index (κ2) is 2.90. The third kappa shape index (κ3) is 2.00. The number of hydrogen-bond donors (Lipinski definition) is 1. The lowest BCUT2D eigenvalue weighted by molar-refractivity contribution is 0.573. The van der Waals surface area contributed by atoms with E-state index in [1.54, 1.807) is 0 Å². The smallest absolute Gasteiger partial charge is 0.0489 e. The van der Waals surface area contributed by atoms with Gasteiger partial charge >= 0.3 is 0 Å². The molecule has 0 fully saturated rings. The molecule has 0 aliphatic rings. The summed E-state index contributed by atoms with van der Waals surface area (Å²) in [5.41, 5.74) is 2.61. The van der Waals surface area contributed by atoms with E-state index in [-0.39, 0.29) is 5.41 Å². The standard InChI is InChI=1S/C9H14ClN/c1-9(2,3)8-4-7(5-10)6-11-8/h4,6,11H,5H2,1-3H3. The van der Waals surface area contributed by atoms with Gasteiger partial charge in [0.15, 0.2) is 0 Å². The topological polar surface area (TPSA) is 15.8 Å². The Balaban J connectivity index is 2.89. The molecule has 0 atom stereocenters. The molecule has 0 aromatic carbocycles. The summed E-state index contributed by atoms with van der Waals surface area (Å²) in [7, 11) is 0. The fraction of sp³-hybridized carbons (Fsp3) is 0.556. The lowest BCUT2D eigenvalue weighted by atomic mass is 9.92. The van der Waals surface area contributed by atoms with Crippen LogP contribution in [0.5, 0.6) is 0 Å². The van der Waals surface area contributed by atoms with Crippen LogP contribution in [0.1, 0.15) is 32.0 Å². The molecule has 11 heavy (non-hydrogen) atoms. The maximum Gasteiger partial charge on any atom is 0.0489 e. The maximum absolute atomic E-state index is 5.67. The molecule has 1 aromatic rings. The Morgan fingerprint density at radius 1 is 1.45 bits per heavy atom. The van der Waals surface area contributed by atoms with Gasteiger partial charge in [0.25, 0.3) is 0 Å². The number of hydrogen-bond acceptors (Lipinski definition) is 0. The molecule has 0 saturated heterocycles. The highest BCUT2D eigenvalue weighted by molar-refractivity contribution is 6.17. The van der Waals surface area contributed by atoms with Crippen molar-refractivity contribution in [3.63, 3.8) is 0 Å². The van der Waals surface area contributed by atoms with Gasteiger partial charge in [-0.15, -0.1) is 11.6 Å². The first kappa shape index (κ1) is 8.66. The van der Waals surface area contributed by atoms with Crippen LogP contribution >= 0.6 is 11.6 Å². The predicted octanol–water partition coefficient (Wildman–Crippen LogP) is 3.05. The van der Waals surface area contributed by atoms with Crippen molar-refractivity contribution in [2.75, 3.05) is 0 Å². The van der Waals surface area contributed by atoms with Gasteiger partial charge in [-0.2, -0.15) is 0 Å². The summed E-state index contributed by atoms with van der Waals surface area (Å²) in [6.45, 7) is 6.53. The molecule has 1 rings (SSSR count). The second-order valence-corrected chi connectivity index (χ2v) is 4.07. The quantitative estimate of drug-likeness (QED) is 0.626. The van der Waals surface area contributed by atoms with Gasteiger partial charge in [0, 0.05) is 23.2 Å². The van der Waals surface area contributed by atoms with Crippen molar-refractivity contribution in [2.45, 2.75) is 32.1 Å². The molecule has 0 bridgehead atoms. The third-order valence-corrected chi connectivity index (χ3v) is 2.01. The first-order chi connectivity index (χ1) is 5.04. The summed E-state index contributed by atoms with van der Waals surface area (Å²) in [6, 6.07) is 2.12. The molecule has 0 saturated carbocycles. The van der Waals surface area contributed by atoms with Crippen LogP contribution in [0.25, 0.3) is 0 Å². The van der Waals surface area contributed by atoms with E-state index >= 15 is 0 Å². The van der Waals surface area contributed by atoms with E-state index < -0.39 is 0 Å². The van der Waals surface area contributed by atoms with E-state index in [0.29, 0.717) is 5.88 Å². The molecule has 1 nitrogen and oxygen atoms in total. The number of halogens is 1. The van der Waals surface area contributed by atoms with E-state index in [2.05, 4.69) is 31.8 Å².